The monoisotopic (exact) mass is 325 g/mol. The van der Waals surface area contributed by atoms with Gasteiger partial charge in [0.25, 0.3) is 5.91 Å². The lowest BCUT2D eigenvalue weighted by atomic mass is 10.2. The van der Waals surface area contributed by atoms with Crippen molar-refractivity contribution in [2.24, 2.45) is 0 Å². The summed E-state index contributed by atoms with van der Waals surface area (Å²) >= 11 is 4.84. The van der Waals surface area contributed by atoms with E-state index in [9.17, 15) is 9.90 Å². The summed E-state index contributed by atoms with van der Waals surface area (Å²) in [6.07, 6.45) is 0. The number of thiophene rings is 1. The maximum Gasteiger partial charge on any atom is 0.254 e. The Kier molecular flexibility index (Phi) is 4.04. The van der Waals surface area contributed by atoms with Crippen LogP contribution in [-0.2, 0) is 6.54 Å². The maximum absolute atomic E-state index is 12.1. The summed E-state index contributed by atoms with van der Waals surface area (Å²) in [5.74, 6) is 0.222. The predicted octanol–water partition coefficient (Wildman–Crippen LogP) is 3.49. The minimum absolute atomic E-state index is 0.00924. The van der Waals surface area contributed by atoms with Crippen LogP contribution in [0, 0.1) is 0 Å². The van der Waals surface area contributed by atoms with Gasteiger partial charge in [0.15, 0.2) is 0 Å². The molecule has 1 N–H and O–H groups in total. The van der Waals surface area contributed by atoms with E-state index in [-0.39, 0.29) is 11.7 Å². The fourth-order valence-electron chi connectivity index (χ4n) is 1.59. The van der Waals surface area contributed by atoms with Gasteiger partial charge in [-0.15, -0.1) is 11.3 Å². The first-order chi connectivity index (χ1) is 8.56. The van der Waals surface area contributed by atoms with Crippen molar-refractivity contribution in [1.29, 1.82) is 0 Å². The highest BCUT2D eigenvalue weighted by molar-refractivity contribution is 9.11. The van der Waals surface area contributed by atoms with Gasteiger partial charge in [0, 0.05) is 19.0 Å². The Morgan fingerprint density at radius 2 is 2.06 bits per heavy atom. The number of hydrogen-bond acceptors (Lipinski definition) is 3. The first-order valence-corrected chi connectivity index (χ1v) is 7.01. The minimum atomic E-state index is -0.00924. The van der Waals surface area contributed by atoms with E-state index < -0.39 is 0 Å². The fourth-order valence-corrected chi connectivity index (χ4v) is 2.72. The second-order valence-electron chi connectivity index (χ2n) is 3.97. The number of rotatable bonds is 3. The predicted molar refractivity (Wildman–Crippen MR) is 75.9 cm³/mol. The molecule has 0 aliphatic rings. The van der Waals surface area contributed by atoms with Crippen molar-refractivity contribution in [2.45, 2.75) is 6.54 Å². The summed E-state index contributed by atoms with van der Waals surface area (Å²) in [7, 11) is 1.76. The normalized spacial score (nSPS) is 10.3. The van der Waals surface area contributed by atoms with Crippen LogP contribution in [0.15, 0.2) is 39.5 Å². The number of carbonyl (C=O) groups excluding carboxylic acids is 1. The summed E-state index contributed by atoms with van der Waals surface area (Å²) in [5.41, 5.74) is 1.67. The zero-order valence-corrected chi connectivity index (χ0v) is 12.2. The lowest BCUT2D eigenvalue weighted by molar-refractivity contribution is 0.0785. The van der Waals surface area contributed by atoms with Crippen LogP contribution in [0.5, 0.6) is 5.75 Å². The number of aromatic hydroxyl groups is 1. The molecule has 0 aliphatic heterocycles. The zero-order valence-electron chi connectivity index (χ0n) is 9.76. The molecule has 3 nitrogen and oxygen atoms in total. The van der Waals surface area contributed by atoms with Crippen LogP contribution in [0.25, 0.3) is 0 Å². The van der Waals surface area contributed by atoms with Crippen molar-refractivity contribution in [3.8, 4) is 5.75 Å². The van der Waals surface area contributed by atoms with E-state index >= 15 is 0 Å². The van der Waals surface area contributed by atoms with Crippen LogP contribution in [-0.4, -0.2) is 23.0 Å². The van der Waals surface area contributed by atoms with E-state index in [1.54, 1.807) is 24.1 Å². The molecule has 0 saturated heterocycles. The third-order valence-corrected chi connectivity index (χ3v) is 4.02. The SMILES string of the molecule is CN(Cc1ccc(O)cc1)C(=O)c1csc(Br)c1. The van der Waals surface area contributed by atoms with Crippen LogP contribution < -0.4 is 0 Å². The summed E-state index contributed by atoms with van der Waals surface area (Å²) < 4.78 is 0.948. The largest absolute Gasteiger partial charge is 0.508 e. The zero-order chi connectivity index (χ0) is 13.1. The molecular weight excluding hydrogens is 314 g/mol. The standard InChI is InChI=1S/C13H12BrNO2S/c1-15(7-9-2-4-11(16)5-3-9)13(17)10-6-12(14)18-8-10/h2-6,8,16H,7H2,1H3. The molecule has 0 radical (unpaired) electrons. The van der Waals surface area contributed by atoms with Crippen LogP contribution in [0.1, 0.15) is 15.9 Å². The smallest absolute Gasteiger partial charge is 0.254 e. The van der Waals surface area contributed by atoms with Gasteiger partial charge in [0.2, 0.25) is 0 Å². The first kappa shape index (κ1) is 13.1. The Hall–Kier alpha value is -1.33. The lowest BCUT2D eigenvalue weighted by Crippen LogP contribution is -2.25. The summed E-state index contributed by atoms with van der Waals surface area (Å²) in [6.45, 7) is 0.520. The third-order valence-electron chi connectivity index (χ3n) is 2.52. The van der Waals surface area contributed by atoms with Gasteiger partial charge >= 0.3 is 0 Å². The van der Waals surface area contributed by atoms with E-state index in [0.717, 1.165) is 9.35 Å². The molecule has 0 aliphatic carbocycles. The molecule has 1 aromatic carbocycles. The average Bonchev–Trinajstić information content (AvgIpc) is 2.78. The molecule has 0 saturated carbocycles. The van der Waals surface area contributed by atoms with Crippen LogP contribution in [0.3, 0.4) is 0 Å². The Morgan fingerprint density at radius 3 is 2.61 bits per heavy atom. The molecule has 18 heavy (non-hydrogen) atoms. The quantitative estimate of drug-likeness (QED) is 0.938. The van der Waals surface area contributed by atoms with E-state index in [0.29, 0.717) is 12.1 Å². The molecule has 0 atom stereocenters. The fraction of sp³-hybridized carbons (Fsp3) is 0.154. The molecule has 0 unspecified atom stereocenters. The number of carbonyl (C=O) groups is 1. The lowest BCUT2D eigenvalue weighted by Gasteiger charge is -2.16. The molecule has 0 bridgehead atoms. The molecule has 2 rings (SSSR count). The number of benzene rings is 1. The average molecular weight is 326 g/mol. The van der Waals surface area contributed by atoms with Crippen LogP contribution in [0.2, 0.25) is 0 Å². The first-order valence-electron chi connectivity index (χ1n) is 5.33. The van der Waals surface area contributed by atoms with Gasteiger partial charge in [-0.3, -0.25) is 4.79 Å². The molecule has 2 aromatic rings. The highest BCUT2D eigenvalue weighted by Gasteiger charge is 2.13. The van der Waals surface area contributed by atoms with Gasteiger partial charge in [0.1, 0.15) is 5.75 Å². The van der Waals surface area contributed by atoms with E-state index in [2.05, 4.69) is 15.9 Å². The second-order valence-corrected chi connectivity index (χ2v) is 6.26. The third kappa shape index (κ3) is 3.11. The number of nitrogens with zero attached hydrogens (tertiary/aromatic N) is 1. The van der Waals surface area contributed by atoms with Crippen molar-refractivity contribution in [1.82, 2.24) is 4.90 Å². The van der Waals surface area contributed by atoms with Crippen molar-refractivity contribution >= 4 is 33.2 Å². The molecule has 94 valence electrons. The van der Waals surface area contributed by atoms with Crippen molar-refractivity contribution in [3.63, 3.8) is 0 Å². The molecule has 1 amide bonds. The van der Waals surface area contributed by atoms with Gasteiger partial charge in [-0.2, -0.15) is 0 Å². The Labute approximate surface area is 118 Å². The highest BCUT2D eigenvalue weighted by atomic mass is 79.9. The molecule has 1 heterocycles. The Bertz CT molecular complexity index is 550. The van der Waals surface area contributed by atoms with Gasteiger partial charge in [-0.25, -0.2) is 0 Å². The second kappa shape index (κ2) is 5.54. The summed E-state index contributed by atoms with van der Waals surface area (Å²) in [4.78, 5) is 13.7. The number of phenols is 1. The minimum Gasteiger partial charge on any atom is -0.508 e. The van der Waals surface area contributed by atoms with Crippen molar-refractivity contribution < 1.29 is 9.90 Å². The summed E-state index contributed by atoms with van der Waals surface area (Å²) in [6, 6.07) is 8.68. The molecule has 0 spiro atoms. The highest BCUT2D eigenvalue weighted by Crippen LogP contribution is 2.22. The van der Waals surface area contributed by atoms with Gasteiger partial charge in [0.05, 0.1) is 9.35 Å². The van der Waals surface area contributed by atoms with Crippen molar-refractivity contribution in [3.05, 3.63) is 50.6 Å². The van der Waals surface area contributed by atoms with Crippen LogP contribution >= 0.6 is 27.3 Å². The van der Waals surface area contributed by atoms with Gasteiger partial charge in [-0.05, 0) is 39.7 Å². The van der Waals surface area contributed by atoms with Gasteiger partial charge < -0.3 is 10.0 Å². The number of phenolic OH excluding ortho intramolecular Hbond substituents is 1. The molecule has 0 fully saturated rings. The van der Waals surface area contributed by atoms with Gasteiger partial charge in [-0.1, -0.05) is 12.1 Å². The van der Waals surface area contributed by atoms with E-state index in [4.69, 9.17) is 0 Å². The molecule has 1 aromatic heterocycles. The number of halogens is 1. The Balaban J connectivity index is 2.05. The van der Waals surface area contributed by atoms with Crippen molar-refractivity contribution in [2.75, 3.05) is 7.05 Å². The molecular formula is C13H12BrNO2S. The van der Waals surface area contributed by atoms with E-state index in [1.807, 2.05) is 23.6 Å². The van der Waals surface area contributed by atoms with Crippen LogP contribution in [0.4, 0.5) is 0 Å². The number of hydrogen-bond donors (Lipinski definition) is 1. The number of amides is 1. The Morgan fingerprint density at radius 1 is 1.39 bits per heavy atom. The maximum atomic E-state index is 12.1. The summed E-state index contributed by atoms with van der Waals surface area (Å²) in [5, 5.41) is 11.0. The topological polar surface area (TPSA) is 40.5 Å². The molecule has 5 heteroatoms. The van der Waals surface area contributed by atoms with E-state index in [1.165, 1.54) is 11.3 Å².